The van der Waals surface area contributed by atoms with Gasteiger partial charge in [0, 0.05) is 25.0 Å². The molecule has 1 atom stereocenters. The maximum atomic E-state index is 12.1. The minimum absolute atomic E-state index is 0.00152. The zero-order valence-electron chi connectivity index (χ0n) is 9.59. The lowest BCUT2D eigenvalue weighted by atomic mass is 10.2. The molecule has 17 heavy (non-hydrogen) atoms. The van der Waals surface area contributed by atoms with E-state index in [2.05, 4.69) is 9.82 Å². The van der Waals surface area contributed by atoms with Gasteiger partial charge in [0.15, 0.2) is 5.82 Å². The predicted molar refractivity (Wildman–Crippen MR) is 68.3 cm³/mol. The number of nitrogen functional groups attached to an aromatic ring is 1. The van der Waals surface area contributed by atoms with Crippen molar-refractivity contribution in [3.8, 4) is 0 Å². The summed E-state index contributed by atoms with van der Waals surface area (Å²) in [5.74, 6) is 1.97. The number of sulfonamides is 1. The van der Waals surface area contributed by atoms with Crippen molar-refractivity contribution in [3.05, 3.63) is 6.20 Å². The fourth-order valence-electron chi connectivity index (χ4n) is 1.81. The lowest BCUT2D eigenvalue weighted by Gasteiger charge is -2.21. The maximum Gasteiger partial charge on any atom is 0.246 e. The number of aromatic nitrogens is 2. The summed E-state index contributed by atoms with van der Waals surface area (Å²) >= 11 is 1.77. The average Bonchev–Trinajstić information content (AvgIpc) is 2.59. The molecule has 0 saturated carbocycles. The molecule has 6 nitrogen and oxygen atoms in total. The topological polar surface area (TPSA) is 90.0 Å². The van der Waals surface area contributed by atoms with Gasteiger partial charge in [-0.25, -0.2) is 13.1 Å². The third kappa shape index (κ3) is 2.93. The monoisotopic (exact) mass is 276 g/mol. The average molecular weight is 276 g/mol. The fourth-order valence-corrected chi connectivity index (χ4v) is 4.36. The number of nitrogens with two attached hydrogens (primary N) is 1. The van der Waals surface area contributed by atoms with Gasteiger partial charge in [-0.3, -0.25) is 4.68 Å². The number of aryl methyl sites for hydroxylation is 1. The van der Waals surface area contributed by atoms with E-state index in [-0.39, 0.29) is 16.8 Å². The molecule has 0 amide bonds. The van der Waals surface area contributed by atoms with Gasteiger partial charge in [0.1, 0.15) is 4.90 Å². The molecule has 3 N–H and O–H groups in total. The molecule has 2 rings (SSSR count). The summed E-state index contributed by atoms with van der Waals surface area (Å²) in [6.45, 7) is 0. The van der Waals surface area contributed by atoms with Gasteiger partial charge in [0.05, 0.1) is 0 Å². The number of hydrogen-bond donors (Lipinski definition) is 2. The van der Waals surface area contributed by atoms with Crippen LogP contribution in [0.5, 0.6) is 0 Å². The highest BCUT2D eigenvalue weighted by atomic mass is 32.2. The number of anilines is 1. The Morgan fingerprint density at radius 2 is 2.41 bits per heavy atom. The molecule has 0 spiro atoms. The maximum absolute atomic E-state index is 12.1. The van der Waals surface area contributed by atoms with Gasteiger partial charge >= 0.3 is 0 Å². The van der Waals surface area contributed by atoms with Crippen molar-refractivity contribution in [3.63, 3.8) is 0 Å². The zero-order valence-corrected chi connectivity index (χ0v) is 11.2. The van der Waals surface area contributed by atoms with Crippen molar-refractivity contribution in [1.82, 2.24) is 14.5 Å². The first-order valence-corrected chi connectivity index (χ1v) is 8.02. The second-order valence-corrected chi connectivity index (χ2v) is 6.92. The third-order valence-electron chi connectivity index (χ3n) is 2.59. The van der Waals surface area contributed by atoms with Crippen molar-refractivity contribution < 1.29 is 8.42 Å². The second kappa shape index (κ2) is 4.87. The minimum atomic E-state index is -3.54. The molecule has 1 fully saturated rings. The van der Waals surface area contributed by atoms with Crippen LogP contribution >= 0.6 is 11.8 Å². The molecular formula is C9H16N4O2S2. The van der Waals surface area contributed by atoms with Crippen LogP contribution in [0.25, 0.3) is 0 Å². The van der Waals surface area contributed by atoms with Crippen LogP contribution in [0.4, 0.5) is 5.82 Å². The Bertz CT molecular complexity index is 491. The highest BCUT2D eigenvalue weighted by molar-refractivity contribution is 7.99. The van der Waals surface area contributed by atoms with Crippen LogP contribution in [0.1, 0.15) is 12.8 Å². The Labute approximate surface area is 105 Å². The quantitative estimate of drug-likeness (QED) is 0.821. The summed E-state index contributed by atoms with van der Waals surface area (Å²) in [5.41, 5.74) is 5.58. The van der Waals surface area contributed by atoms with Crippen LogP contribution in [0.15, 0.2) is 11.1 Å². The van der Waals surface area contributed by atoms with E-state index in [0.717, 1.165) is 24.3 Å². The normalized spacial score (nSPS) is 21.6. The number of nitrogens with one attached hydrogen (secondary N) is 1. The van der Waals surface area contributed by atoms with Crippen LogP contribution in [-0.4, -0.2) is 35.7 Å². The molecule has 0 aromatic carbocycles. The molecule has 1 unspecified atom stereocenters. The smallest absolute Gasteiger partial charge is 0.246 e. The summed E-state index contributed by atoms with van der Waals surface area (Å²) in [4.78, 5) is 0.0653. The lowest BCUT2D eigenvalue weighted by Crippen LogP contribution is -2.38. The molecule has 0 aliphatic carbocycles. The molecule has 1 aromatic rings. The number of hydrogen-bond acceptors (Lipinski definition) is 5. The fraction of sp³-hybridized carbons (Fsp3) is 0.667. The van der Waals surface area contributed by atoms with E-state index in [0.29, 0.717) is 0 Å². The lowest BCUT2D eigenvalue weighted by molar-refractivity contribution is 0.543. The summed E-state index contributed by atoms with van der Waals surface area (Å²) in [7, 11) is -1.90. The largest absolute Gasteiger partial charge is 0.381 e. The Morgan fingerprint density at radius 1 is 1.65 bits per heavy atom. The van der Waals surface area contributed by atoms with E-state index in [9.17, 15) is 8.42 Å². The van der Waals surface area contributed by atoms with E-state index < -0.39 is 10.0 Å². The van der Waals surface area contributed by atoms with Crippen LogP contribution in [0.2, 0.25) is 0 Å². The molecular weight excluding hydrogens is 260 g/mol. The Morgan fingerprint density at radius 3 is 2.94 bits per heavy atom. The molecule has 0 bridgehead atoms. The van der Waals surface area contributed by atoms with Gasteiger partial charge in [-0.2, -0.15) is 16.9 Å². The molecule has 8 heteroatoms. The van der Waals surface area contributed by atoms with Gasteiger partial charge in [-0.05, 0) is 18.6 Å². The zero-order chi connectivity index (χ0) is 12.5. The summed E-state index contributed by atoms with van der Waals surface area (Å²) < 4.78 is 28.2. The van der Waals surface area contributed by atoms with Crippen LogP contribution < -0.4 is 10.5 Å². The van der Waals surface area contributed by atoms with E-state index in [1.54, 1.807) is 18.8 Å². The molecule has 1 aromatic heterocycles. The first kappa shape index (κ1) is 12.7. The highest BCUT2D eigenvalue weighted by Crippen LogP contribution is 2.21. The Hall–Kier alpha value is -0.730. The van der Waals surface area contributed by atoms with Crippen molar-refractivity contribution in [2.24, 2.45) is 7.05 Å². The van der Waals surface area contributed by atoms with E-state index >= 15 is 0 Å². The van der Waals surface area contributed by atoms with E-state index in [4.69, 9.17) is 5.73 Å². The third-order valence-corrected chi connectivity index (χ3v) is 5.35. The molecule has 1 aliphatic heterocycles. The van der Waals surface area contributed by atoms with Gasteiger partial charge < -0.3 is 5.73 Å². The van der Waals surface area contributed by atoms with E-state index in [1.165, 1.54) is 10.9 Å². The van der Waals surface area contributed by atoms with Gasteiger partial charge in [0.2, 0.25) is 10.0 Å². The SMILES string of the molecule is Cn1cc(S(=O)(=O)NC2CCCSC2)c(N)n1. The van der Waals surface area contributed by atoms with Crippen LogP contribution in [0.3, 0.4) is 0 Å². The molecule has 1 saturated heterocycles. The Balaban J connectivity index is 2.15. The number of nitrogens with zero attached hydrogens (tertiary/aromatic N) is 2. The van der Waals surface area contributed by atoms with Crippen LogP contribution in [0, 0.1) is 0 Å². The highest BCUT2D eigenvalue weighted by Gasteiger charge is 2.25. The van der Waals surface area contributed by atoms with Gasteiger partial charge in [-0.1, -0.05) is 0 Å². The molecule has 2 heterocycles. The number of thioether (sulfide) groups is 1. The van der Waals surface area contributed by atoms with Crippen molar-refractivity contribution in [1.29, 1.82) is 0 Å². The molecule has 96 valence electrons. The predicted octanol–water partition coefficient (Wildman–Crippen LogP) is 0.176. The number of rotatable bonds is 3. The molecule has 0 radical (unpaired) electrons. The summed E-state index contributed by atoms with van der Waals surface area (Å²) in [6, 6.07) is -0.00152. The standard InChI is InChI=1S/C9H16N4O2S2/c1-13-5-8(9(10)11-13)17(14,15)12-7-3-2-4-16-6-7/h5,7,12H,2-4,6H2,1H3,(H2,10,11). The first-order chi connectivity index (χ1) is 7.99. The summed E-state index contributed by atoms with van der Waals surface area (Å²) in [6.07, 6.45) is 3.35. The van der Waals surface area contributed by atoms with Crippen molar-refractivity contribution in [2.75, 3.05) is 17.2 Å². The van der Waals surface area contributed by atoms with Gasteiger partial charge in [-0.15, -0.1) is 0 Å². The second-order valence-electron chi connectivity index (χ2n) is 4.09. The van der Waals surface area contributed by atoms with Crippen LogP contribution in [-0.2, 0) is 17.1 Å². The minimum Gasteiger partial charge on any atom is -0.381 e. The Kier molecular flexibility index (Phi) is 3.64. The van der Waals surface area contributed by atoms with Crippen molar-refractivity contribution in [2.45, 2.75) is 23.8 Å². The molecule has 1 aliphatic rings. The van der Waals surface area contributed by atoms with Crippen molar-refractivity contribution >= 4 is 27.6 Å². The first-order valence-electron chi connectivity index (χ1n) is 5.38. The van der Waals surface area contributed by atoms with E-state index in [1.807, 2.05) is 0 Å². The summed E-state index contributed by atoms with van der Waals surface area (Å²) in [5, 5.41) is 3.84. The van der Waals surface area contributed by atoms with Gasteiger partial charge in [0.25, 0.3) is 0 Å².